The molecule has 1 heterocycles. The van der Waals surface area contributed by atoms with E-state index in [1.165, 1.54) is 0 Å². The highest BCUT2D eigenvalue weighted by atomic mass is 35.5. The molecule has 6 heteroatoms. The maximum atomic E-state index is 7.56. The van der Waals surface area contributed by atoms with Crippen LogP contribution < -0.4 is 19.9 Å². The van der Waals surface area contributed by atoms with Crippen molar-refractivity contribution in [3.8, 4) is 23.0 Å². The highest BCUT2D eigenvalue weighted by Gasteiger charge is 2.15. The van der Waals surface area contributed by atoms with Crippen LogP contribution in [0, 0.1) is 5.41 Å². The highest BCUT2D eigenvalue weighted by Crippen LogP contribution is 2.37. The standard InChI is InChI=1S/C14H11ClN2O3/c15-8-1-3-11(10(5-8)14(16)17)20-9-2-4-12-13(6-9)19-7-18-12/h1-6H,7H2,(H3,16,17). The summed E-state index contributed by atoms with van der Waals surface area (Å²) in [5.74, 6) is 2.23. The Morgan fingerprint density at radius 3 is 2.75 bits per heavy atom. The van der Waals surface area contributed by atoms with Crippen molar-refractivity contribution < 1.29 is 14.2 Å². The second-order valence-electron chi connectivity index (χ2n) is 4.17. The van der Waals surface area contributed by atoms with Crippen LogP contribution in [-0.2, 0) is 0 Å². The number of hydrogen-bond donors (Lipinski definition) is 2. The maximum absolute atomic E-state index is 7.56. The van der Waals surface area contributed by atoms with Crippen LogP contribution in [0.2, 0.25) is 5.02 Å². The normalized spacial score (nSPS) is 12.2. The van der Waals surface area contributed by atoms with Gasteiger partial charge in [0, 0.05) is 11.1 Å². The molecule has 0 radical (unpaired) electrons. The summed E-state index contributed by atoms with van der Waals surface area (Å²) < 4.78 is 16.3. The molecule has 0 bridgehead atoms. The fourth-order valence-electron chi connectivity index (χ4n) is 1.87. The van der Waals surface area contributed by atoms with E-state index in [1.54, 1.807) is 36.4 Å². The predicted molar refractivity (Wildman–Crippen MR) is 75.1 cm³/mol. The zero-order valence-electron chi connectivity index (χ0n) is 10.4. The second-order valence-corrected chi connectivity index (χ2v) is 4.61. The molecule has 0 saturated heterocycles. The molecule has 0 saturated carbocycles. The van der Waals surface area contributed by atoms with Crippen molar-refractivity contribution in [1.29, 1.82) is 5.41 Å². The van der Waals surface area contributed by atoms with Crippen molar-refractivity contribution in [1.82, 2.24) is 0 Å². The minimum absolute atomic E-state index is 0.108. The number of benzene rings is 2. The maximum Gasteiger partial charge on any atom is 0.231 e. The van der Waals surface area contributed by atoms with Gasteiger partial charge in [-0.05, 0) is 30.3 Å². The van der Waals surface area contributed by atoms with E-state index in [4.69, 9.17) is 37.0 Å². The summed E-state index contributed by atoms with van der Waals surface area (Å²) in [5.41, 5.74) is 5.97. The largest absolute Gasteiger partial charge is 0.456 e. The summed E-state index contributed by atoms with van der Waals surface area (Å²) in [7, 11) is 0. The van der Waals surface area contributed by atoms with Gasteiger partial charge in [-0.25, -0.2) is 0 Å². The number of nitrogens with one attached hydrogen (secondary N) is 1. The lowest BCUT2D eigenvalue weighted by Crippen LogP contribution is -2.12. The molecule has 5 nitrogen and oxygen atoms in total. The van der Waals surface area contributed by atoms with Crippen LogP contribution in [-0.4, -0.2) is 12.6 Å². The van der Waals surface area contributed by atoms with Gasteiger partial charge in [-0.2, -0.15) is 0 Å². The Morgan fingerprint density at radius 1 is 1.15 bits per heavy atom. The van der Waals surface area contributed by atoms with Crippen LogP contribution in [0.3, 0.4) is 0 Å². The van der Waals surface area contributed by atoms with E-state index in [2.05, 4.69) is 0 Å². The summed E-state index contributed by atoms with van der Waals surface area (Å²) in [6.07, 6.45) is 0. The van der Waals surface area contributed by atoms with Gasteiger partial charge >= 0.3 is 0 Å². The summed E-state index contributed by atoms with van der Waals surface area (Å²) in [6.45, 7) is 0.207. The summed E-state index contributed by atoms with van der Waals surface area (Å²) in [6, 6.07) is 10.2. The van der Waals surface area contributed by atoms with Gasteiger partial charge in [0.15, 0.2) is 11.5 Å². The van der Waals surface area contributed by atoms with E-state index in [-0.39, 0.29) is 12.6 Å². The number of rotatable bonds is 3. The topological polar surface area (TPSA) is 77.6 Å². The quantitative estimate of drug-likeness (QED) is 0.672. The third kappa shape index (κ3) is 2.35. The van der Waals surface area contributed by atoms with Gasteiger partial charge in [-0.3, -0.25) is 5.41 Å². The molecule has 2 aromatic rings. The molecule has 1 aliphatic rings. The van der Waals surface area contributed by atoms with Crippen molar-refractivity contribution in [2.75, 3.05) is 6.79 Å². The van der Waals surface area contributed by atoms with Crippen LogP contribution in [0.25, 0.3) is 0 Å². The van der Waals surface area contributed by atoms with Crippen molar-refractivity contribution >= 4 is 17.4 Å². The van der Waals surface area contributed by atoms with Crippen LogP contribution in [0.1, 0.15) is 5.56 Å². The number of ether oxygens (including phenoxy) is 3. The van der Waals surface area contributed by atoms with Crippen molar-refractivity contribution in [2.45, 2.75) is 0 Å². The molecule has 20 heavy (non-hydrogen) atoms. The number of halogens is 1. The summed E-state index contributed by atoms with van der Waals surface area (Å²) >= 11 is 5.90. The Hall–Kier alpha value is -2.40. The van der Waals surface area contributed by atoms with Crippen molar-refractivity contribution in [2.24, 2.45) is 5.73 Å². The van der Waals surface area contributed by atoms with E-state index < -0.39 is 0 Å². The van der Waals surface area contributed by atoms with E-state index in [0.29, 0.717) is 33.6 Å². The Morgan fingerprint density at radius 2 is 1.95 bits per heavy atom. The number of nitrogens with two attached hydrogens (primary N) is 1. The number of hydrogen-bond acceptors (Lipinski definition) is 4. The van der Waals surface area contributed by atoms with Crippen LogP contribution in [0.5, 0.6) is 23.0 Å². The molecule has 2 aromatic carbocycles. The van der Waals surface area contributed by atoms with Gasteiger partial charge in [0.2, 0.25) is 6.79 Å². The van der Waals surface area contributed by atoms with E-state index in [1.807, 2.05) is 0 Å². The molecular formula is C14H11ClN2O3. The lowest BCUT2D eigenvalue weighted by Gasteiger charge is -2.11. The zero-order valence-corrected chi connectivity index (χ0v) is 11.1. The molecule has 0 aliphatic carbocycles. The van der Waals surface area contributed by atoms with E-state index >= 15 is 0 Å². The monoisotopic (exact) mass is 290 g/mol. The minimum atomic E-state index is -0.108. The average molecular weight is 291 g/mol. The summed E-state index contributed by atoms with van der Waals surface area (Å²) in [5, 5.41) is 8.05. The Labute approximate surface area is 120 Å². The van der Waals surface area contributed by atoms with Gasteiger partial charge in [-0.15, -0.1) is 0 Å². The fourth-order valence-corrected chi connectivity index (χ4v) is 2.04. The number of nitrogen functional groups attached to an aromatic ring is 1. The van der Waals surface area contributed by atoms with Gasteiger partial charge in [0.25, 0.3) is 0 Å². The van der Waals surface area contributed by atoms with Crippen molar-refractivity contribution in [3.05, 3.63) is 47.0 Å². The fraction of sp³-hybridized carbons (Fsp3) is 0.0714. The first kappa shape index (κ1) is 12.6. The molecule has 102 valence electrons. The van der Waals surface area contributed by atoms with Gasteiger partial charge in [-0.1, -0.05) is 11.6 Å². The third-order valence-electron chi connectivity index (χ3n) is 2.80. The van der Waals surface area contributed by atoms with Crippen LogP contribution >= 0.6 is 11.6 Å². The predicted octanol–water partition coefficient (Wildman–Crippen LogP) is 3.15. The average Bonchev–Trinajstić information content (AvgIpc) is 2.88. The van der Waals surface area contributed by atoms with Crippen LogP contribution in [0.4, 0.5) is 0 Å². The first-order valence-corrected chi connectivity index (χ1v) is 6.23. The smallest absolute Gasteiger partial charge is 0.231 e. The first-order chi connectivity index (χ1) is 9.63. The molecule has 0 spiro atoms. The molecular weight excluding hydrogens is 280 g/mol. The molecule has 0 atom stereocenters. The van der Waals surface area contributed by atoms with Gasteiger partial charge in [0.05, 0.1) is 5.56 Å². The lowest BCUT2D eigenvalue weighted by atomic mass is 10.2. The molecule has 0 fully saturated rings. The van der Waals surface area contributed by atoms with Crippen LogP contribution in [0.15, 0.2) is 36.4 Å². The Bertz CT molecular complexity index is 688. The number of fused-ring (bicyclic) bond motifs is 1. The SMILES string of the molecule is N=C(N)c1cc(Cl)ccc1Oc1ccc2c(c1)OCO2. The molecule has 0 unspecified atom stereocenters. The Balaban J connectivity index is 1.93. The Kier molecular flexibility index (Phi) is 3.12. The van der Waals surface area contributed by atoms with E-state index in [0.717, 1.165) is 0 Å². The zero-order chi connectivity index (χ0) is 14.1. The molecule has 0 amide bonds. The lowest BCUT2D eigenvalue weighted by molar-refractivity contribution is 0.174. The molecule has 3 rings (SSSR count). The molecule has 0 aromatic heterocycles. The molecule has 3 N–H and O–H groups in total. The molecule has 1 aliphatic heterocycles. The first-order valence-electron chi connectivity index (χ1n) is 5.85. The highest BCUT2D eigenvalue weighted by molar-refractivity contribution is 6.31. The van der Waals surface area contributed by atoms with Gasteiger partial charge < -0.3 is 19.9 Å². The second kappa shape index (κ2) is 4.94. The van der Waals surface area contributed by atoms with Gasteiger partial charge in [0.1, 0.15) is 17.3 Å². The minimum Gasteiger partial charge on any atom is -0.456 e. The third-order valence-corrected chi connectivity index (χ3v) is 3.04. The van der Waals surface area contributed by atoms with Crippen molar-refractivity contribution in [3.63, 3.8) is 0 Å². The number of amidine groups is 1. The summed E-state index contributed by atoms with van der Waals surface area (Å²) in [4.78, 5) is 0. The van der Waals surface area contributed by atoms with E-state index in [9.17, 15) is 0 Å².